The lowest BCUT2D eigenvalue weighted by atomic mass is 9.80. The molecule has 2 fully saturated rings. The number of rotatable bonds is 4. The Labute approximate surface area is 113 Å². The van der Waals surface area contributed by atoms with E-state index >= 15 is 0 Å². The van der Waals surface area contributed by atoms with Crippen LogP contribution in [0.15, 0.2) is 0 Å². The topological polar surface area (TPSA) is 82.8 Å². The van der Waals surface area contributed by atoms with Gasteiger partial charge in [0.15, 0.2) is 0 Å². The molecule has 19 heavy (non-hydrogen) atoms. The van der Waals surface area contributed by atoms with Gasteiger partial charge in [-0.3, -0.25) is 0 Å². The van der Waals surface area contributed by atoms with Crippen LogP contribution < -0.4 is 11.2 Å². The van der Waals surface area contributed by atoms with Gasteiger partial charge in [-0.05, 0) is 40.0 Å². The number of ether oxygens (including phenoxy) is 2. The maximum atomic E-state index is 12.0. The monoisotopic (exact) mass is 272 g/mol. The molecule has 1 saturated heterocycles. The van der Waals surface area contributed by atoms with Gasteiger partial charge in [0.2, 0.25) is 0 Å². The number of carbonyl (C=O) groups is 1. The summed E-state index contributed by atoms with van der Waals surface area (Å²) in [5.41, 5.74) is -1.02. The smallest absolute Gasteiger partial charge is 0.408 e. The summed E-state index contributed by atoms with van der Waals surface area (Å²) in [4.78, 5) is 16.9. The fourth-order valence-corrected chi connectivity index (χ4v) is 2.78. The van der Waals surface area contributed by atoms with Gasteiger partial charge in [-0.1, -0.05) is 0 Å². The van der Waals surface area contributed by atoms with Crippen LogP contribution in [0.3, 0.4) is 0 Å². The number of nitrogens with one attached hydrogen (secondary N) is 1. The second-order valence-electron chi connectivity index (χ2n) is 6.60. The van der Waals surface area contributed by atoms with Gasteiger partial charge in [-0.25, -0.2) is 10.7 Å². The molecule has 0 radical (unpaired) electrons. The van der Waals surface area contributed by atoms with E-state index in [0.29, 0.717) is 19.8 Å². The van der Waals surface area contributed by atoms with Crippen molar-refractivity contribution >= 4 is 6.09 Å². The Morgan fingerprint density at radius 1 is 1.37 bits per heavy atom. The third-order valence-corrected chi connectivity index (χ3v) is 3.99. The van der Waals surface area contributed by atoms with Crippen LogP contribution in [0.2, 0.25) is 0 Å². The van der Waals surface area contributed by atoms with E-state index in [4.69, 9.17) is 20.2 Å². The van der Waals surface area contributed by atoms with Gasteiger partial charge < -0.3 is 19.6 Å². The lowest BCUT2D eigenvalue weighted by Gasteiger charge is -2.37. The van der Waals surface area contributed by atoms with E-state index in [0.717, 1.165) is 19.3 Å². The van der Waals surface area contributed by atoms with Crippen LogP contribution in [0.4, 0.5) is 4.79 Å². The first kappa shape index (κ1) is 14.6. The normalized spacial score (nSPS) is 29.1. The number of nitrogens with two attached hydrogens (primary N) is 1. The van der Waals surface area contributed by atoms with Gasteiger partial charge in [0.25, 0.3) is 0 Å². The Bertz CT molecular complexity index is 341. The third-order valence-electron chi connectivity index (χ3n) is 3.99. The molecule has 1 saturated carbocycles. The molecule has 6 nitrogen and oxygen atoms in total. The van der Waals surface area contributed by atoms with E-state index in [1.807, 2.05) is 20.8 Å². The molecule has 3 N–H and O–H groups in total. The van der Waals surface area contributed by atoms with E-state index in [1.54, 1.807) is 0 Å². The van der Waals surface area contributed by atoms with Crippen molar-refractivity contribution < 1.29 is 19.1 Å². The van der Waals surface area contributed by atoms with Crippen molar-refractivity contribution in [3.8, 4) is 0 Å². The Hall–Kier alpha value is -0.850. The minimum atomic E-state index is -0.508. The predicted molar refractivity (Wildman–Crippen MR) is 69.3 cm³/mol. The maximum absolute atomic E-state index is 12.0. The van der Waals surface area contributed by atoms with E-state index in [9.17, 15) is 4.79 Å². The number of alkyl carbamates (subject to hydrolysis) is 1. The van der Waals surface area contributed by atoms with Crippen molar-refractivity contribution in [3.05, 3.63) is 0 Å². The Morgan fingerprint density at radius 2 is 2.05 bits per heavy atom. The molecule has 0 spiro atoms. The molecule has 6 heteroatoms. The number of hydrogen-bond donors (Lipinski definition) is 2. The quantitative estimate of drug-likeness (QED) is 0.755. The van der Waals surface area contributed by atoms with Crippen LogP contribution in [-0.2, 0) is 14.3 Å². The third kappa shape index (κ3) is 3.01. The Kier molecular flexibility index (Phi) is 3.77. The number of amides is 1. The lowest BCUT2D eigenvalue weighted by Crippen LogP contribution is -2.58. The minimum absolute atomic E-state index is 0.102. The van der Waals surface area contributed by atoms with Crippen LogP contribution >= 0.6 is 0 Å². The fourth-order valence-electron chi connectivity index (χ4n) is 2.78. The molecule has 1 heterocycles. The second-order valence-corrected chi connectivity index (χ2v) is 6.60. The molecular weight excluding hydrogens is 248 g/mol. The van der Waals surface area contributed by atoms with E-state index in [-0.39, 0.29) is 5.41 Å². The average Bonchev–Trinajstić information content (AvgIpc) is 2.89. The van der Waals surface area contributed by atoms with Gasteiger partial charge in [0.1, 0.15) is 5.60 Å². The molecule has 0 aromatic carbocycles. The molecule has 110 valence electrons. The van der Waals surface area contributed by atoms with Crippen molar-refractivity contribution in [1.82, 2.24) is 5.32 Å². The fraction of sp³-hybridized carbons (Fsp3) is 0.923. The summed E-state index contributed by atoms with van der Waals surface area (Å²) in [6.07, 6.45) is 2.35. The highest BCUT2D eigenvalue weighted by Gasteiger charge is 2.62. The largest absolute Gasteiger partial charge is 0.444 e. The van der Waals surface area contributed by atoms with Crippen LogP contribution in [0.5, 0.6) is 0 Å². The van der Waals surface area contributed by atoms with Gasteiger partial charge in [0, 0.05) is 12.0 Å². The van der Waals surface area contributed by atoms with Crippen molar-refractivity contribution in [2.75, 3.05) is 19.8 Å². The predicted octanol–water partition coefficient (Wildman–Crippen LogP) is 1.34. The molecular formula is C13H24N2O4. The summed E-state index contributed by atoms with van der Waals surface area (Å²) in [5.74, 6) is 5.23. The molecule has 2 aliphatic rings. The molecule has 1 atom stereocenters. The Morgan fingerprint density at radius 3 is 2.47 bits per heavy atom. The standard InChI is InChI=1S/C13H24N2O4/c1-11(2,3)19-10(16)15-13(6-7-17-9-13)12(4-5-12)8-18-14/h4-9,14H2,1-3H3,(H,15,16). The van der Waals surface area contributed by atoms with Crippen LogP contribution in [-0.4, -0.2) is 37.1 Å². The summed E-state index contributed by atoms with van der Waals surface area (Å²) in [6, 6.07) is 0. The van der Waals surface area contributed by atoms with E-state index in [1.165, 1.54) is 0 Å². The average molecular weight is 272 g/mol. The van der Waals surface area contributed by atoms with Crippen LogP contribution in [0, 0.1) is 5.41 Å². The first-order valence-electron chi connectivity index (χ1n) is 6.73. The molecule has 1 unspecified atom stereocenters. The van der Waals surface area contributed by atoms with Crippen molar-refractivity contribution in [2.45, 2.75) is 51.2 Å². The molecule has 0 aromatic heterocycles. The molecule has 1 aliphatic heterocycles. The van der Waals surface area contributed by atoms with Crippen LogP contribution in [0.25, 0.3) is 0 Å². The first-order chi connectivity index (χ1) is 8.83. The summed E-state index contributed by atoms with van der Waals surface area (Å²) in [6.45, 7) is 7.12. The zero-order chi connectivity index (χ0) is 14.1. The van der Waals surface area contributed by atoms with E-state index in [2.05, 4.69) is 5.32 Å². The second kappa shape index (κ2) is 4.92. The van der Waals surface area contributed by atoms with Crippen molar-refractivity contribution in [2.24, 2.45) is 11.3 Å². The summed E-state index contributed by atoms with van der Waals surface area (Å²) >= 11 is 0. The Balaban J connectivity index is 2.06. The summed E-state index contributed by atoms with van der Waals surface area (Å²) < 4.78 is 10.8. The molecule has 2 rings (SSSR count). The molecule has 1 aliphatic carbocycles. The highest BCUT2D eigenvalue weighted by atomic mass is 16.6. The molecule has 0 aromatic rings. The SMILES string of the molecule is CC(C)(C)OC(=O)NC1(C2(CON)CC2)CCOC1. The minimum Gasteiger partial charge on any atom is -0.444 e. The van der Waals surface area contributed by atoms with Crippen molar-refractivity contribution in [1.29, 1.82) is 0 Å². The zero-order valence-corrected chi connectivity index (χ0v) is 12.0. The highest BCUT2D eigenvalue weighted by molar-refractivity contribution is 5.69. The maximum Gasteiger partial charge on any atom is 0.408 e. The molecule has 0 bridgehead atoms. The number of carbonyl (C=O) groups excluding carboxylic acids is 1. The molecule has 1 amide bonds. The van der Waals surface area contributed by atoms with Gasteiger partial charge in [-0.15, -0.1) is 0 Å². The van der Waals surface area contributed by atoms with Gasteiger partial charge in [-0.2, -0.15) is 0 Å². The van der Waals surface area contributed by atoms with Crippen LogP contribution in [0.1, 0.15) is 40.0 Å². The number of hydrogen-bond acceptors (Lipinski definition) is 5. The van der Waals surface area contributed by atoms with Gasteiger partial charge >= 0.3 is 6.09 Å². The summed E-state index contributed by atoms with van der Waals surface area (Å²) in [5, 5.41) is 3.01. The zero-order valence-electron chi connectivity index (χ0n) is 12.0. The van der Waals surface area contributed by atoms with Crippen molar-refractivity contribution in [3.63, 3.8) is 0 Å². The lowest BCUT2D eigenvalue weighted by molar-refractivity contribution is 0.0128. The summed E-state index contributed by atoms with van der Waals surface area (Å²) in [7, 11) is 0. The van der Waals surface area contributed by atoms with E-state index < -0.39 is 17.2 Å². The first-order valence-corrected chi connectivity index (χ1v) is 6.73. The van der Waals surface area contributed by atoms with Gasteiger partial charge in [0.05, 0.1) is 18.8 Å². The highest BCUT2D eigenvalue weighted by Crippen LogP contribution is 2.56.